The maximum atomic E-state index is 2.37. The van der Waals surface area contributed by atoms with Gasteiger partial charge in [0.2, 0.25) is 0 Å². The lowest BCUT2D eigenvalue weighted by Gasteiger charge is -2.24. The van der Waals surface area contributed by atoms with E-state index in [-0.39, 0.29) is 0 Å². The van der Waals surface area contributed by atoms with E-state index in [2.05, 4.69) is 32.1 Å². The highest BCUT2D eigenvalue weighted by Gasteiger charge is 2.18. The third kappa shape index (κ3) is 1.77. The summed E-state index contributed by atoms with van der Waals surface area (Å²) in [5.41, 5.74) is 4.85. The van der Waals surface area contributed by atoms with Gasteiger partial charge >= 0.3 is 0 Å². The predicted octanol–water partition coefficient (Wildman–Crippen LogP) is 4.01. The number of hydrogen-bond acceptors (Lipinski definition) is 0. The number of allylic oxidation sites excluding steroid dienone is 6. The molecule has 0 saturated heterocycles. The molecule has 0 aromatic heterocycles. The summed E-state index contributed by atoms with van der Waals surface area (Å²) in [4.78, 5) is 0. The van der Waals surface area contributed by atoms with Crippen molar-refractivity contribution in [3.63, 3.8) is 0 Å². The van der Waals surface area contributed by atoms with E-state index in [4.69, 9.17) is 0 Å². The molecule has 2 rings (SSSR count). The van der Waals surface area contributed by atoms with Crippen molar-refractivity contribution in [2.75, 3.05) is 0 Å². The van der Waals surface area contributed by atoms with E-state index in [9.17, 15) is 0 Å². The molecule has 1 unspecified atom stereocenters. The number of rotatable bonds is 0. The highest BCUT2D eigenvalue weighted by Crippen LogP contribution is 2.35. The number of hydrogen-bond donors (Lipinski definition) is 0. The van der Waals surface area contributed by atoms with Crippen molar-refractivity contribution in [2.45, 2.75) is 39.5 Å². The first-order chi connectivity index (χ1) is 6.27. The van der Waals surface area contributed by atoms with Crippen molar-refractivity contribution < 1.29 is 0 Å². The lowest BCUT2D eigenvalue weighted by Crippen LogP contribution is -2.07. The van der Waals surface area contributed by atoms with Gasteiger partial charge in [0.05, 0.1) is 0 Å². The topological polar surface area (TPSA) is 0 Å². The zero-order valence-corrected chi connectivity index (χ0v) is 8.64. The molecule has 0 heteroatoms. The normalized spacial score (nSPS) is 28.2. The van der Waals surface area contributed by atoms with Crippen LogP contribution in [0.25, 0.3) is 0 Å². The molecule has 0 spiro atoms. The molecule has 0 aromatic rings. The van der Waals surface area contributed by atoms with Gasteiger partial charge in [-0.3, -0.25) is 0 Å². The quantitative estimate of drug-likeness (QED) is 0.520. The van der Waals surface area contributed by atoms with Crippen molar-refractivity contribution in [3.05, 3.63) is 34.9 Å². The highest BCUT2D eigenvalue weighted by molar-refractivity contribution is 5.40. The second-order valence-corrected chi connectivity index (χ2v) is 4.41. The van der Waals surface area contributed by atoms with Crippen LogP contribution in [0.3, 0.4) is 0 Å². The highest BCUT2D eigenvalue weighted by atomic mass is 14.2. The van der Waals surface area contributed by atoms with Crippen LogP contribution in [-0.2, 0) is 0 Å². The molecule has 13 heavy (non-hydrogen) atoms. The van der Waals surface area contributed by atoms with Gasteiger partial charge in [-0.05, 0) is 49.7 Å². The van der Waals surface area contributed by atoms with E-state index < -0.39 is 0 Å². The zero-order valence-electron chi connectivity index (χ0n) is 8.64. The van der Waals surface area contributed by atoms with Crippen molar-refractivity contribution in [1.29, 1.82) is 0 Å². The maximum absolute atomic E-state index is 2.37. The lowest BCUT2D eigenvalue weighted by molar-refractivity contribution is 0.496. The Bertz CT molecular complexity index is 289. The van der Waals surface area contributed by atoms with Crippen LogP contribution in [0.4, 0.5) is 0 Å². The Hall–Kier alpha value is -0.780. The van der Waals surface area contributed by atoms with Crippen LogP contribution in [0, 0.1) is 5.92 Å². The SMILES string of the molecule is CC1=CC=CCC2=C1CC(C)CC2. The lowest BCUT2D eigenvalue weighted by atomic mass is 9.81. The second kappa shape index (κ2) is 3.53. The third-order valence-corrected chi connectivity index (χ3v) is 3.24. The molecule has 0 fully saturated rings. The zero-order chi connectivity index (χ0) is 9.26. The van der Waals surface area contributed by atoms with Crippen LogP contribution >= 0.6 is 0 Å². The molecule has 0 aliphatic heterocycles. The largest absolute Gasteiger partial charge is 0.0804 e. The van der Waals surface area contributed by atoms with Crippen molar-refractivity contribution >= 4 is 0 Å². The molecule has 0 amide bonds. The molecule has 0 aromatic carbocycles. The summed E-state index contributed by atoms with van der Waals surface area (Å²) in [6.45, 7) is 4.62. The van der Waals surface area contributed by atoms with E-state index in [1.165, 1.54) is 31.3 Å². The van der Waals surface area contributed by atoms with E-state index in [0.29, 0.717) is 0 Å². The van der Waals surface area contributed by atoms with Crippen molar-refractivity contribution in [3.8, 4) is 0 Å². The molecule has 2 aliphatic rings. The van der Waals surface area contributed by atoms with Crippen LogP contribution < -0.4 is 0 Å². The van der Waals surface area contributed by atoms with E-state index in [1.54, 1.807) is 11.1 Å². The van der Waals surface area contributed by atoms with Gasteiger partial charge in [0, 0.05) is 0 Å². The average Bonchev–Trinajstić information content (AvgIpc) is 2.29. The fourth-order valence-corrected chi connectivity index (χ4v) is 2.35. The van der Waals surface area contributed by atoms with Gasteiger partial charge in [0.15, 0.2) is 0 Å². The van der Waals surface area contributed by atoms with Gasteiger partial charge in [0.25, 0.3) is 0 Å². The van der Waals surface area contributed by atoms with Gasteiger partial charge in [-0.1, -0.05) is 30.7 Å². The molecule has 0 bridgehead atoms. The van der Waals surface area contributed by atoms with Crippen LogP contribution in [0.15, 0.2) is 34.9 Å². The van der Waals surface area contributed by atoms with Crippen LogP contribution in [-0.4, -0.2) is 0 Å². The van der Waals surface area contributed by atoms with Gasteiger partial charge in [-0.2, -0.15) is 0 Å². The minimum Gasteiger partial charge on any atom is -0.0804 e. The Labute approximate surface area is 81.0 Å². The summed E-state index contributed by atoms with van der Waals surface area (Å²) < 4.78 is 0. The molecular formula is C13H18. The first kappa shape index (κ1) is 8.80. The molecule has 0 saturated carbocycles. The van der Waals surface area contributed by atoms with Gasteiger partial charge in [-0.15, -0.1) is 0 Å². The first-order valence-electron chi connectivity index (χ1n) is 5.32. The molecule has 70 valence electrons. The van der Waals surface area contributed by atoms with E-state index in [0.717, 1.165) is 5.92 Å². The average molecular weight is 174 g/mol. The molecule has 0 N–H and O–H groups in total. The molecule has 0 radical (unpaired) electrons. The predicted molar refractivity (Wildman–Crippen MR) is 57.6 cm³/mol. The summed E-state index contributed by atoms with van der Waals surface area (Å²) in [7, 11) is 0. The third-order valence-electron chi connectivity index (χ3n) is 3.24. The Morgan fingerprint density at radius 2 is 2.23 bits per heavy atom. The Kier molecular flexibility index (Phi) is 2.39. The van der Waals surface area contributed by atoms with Crippen LogP contribution in [0.5, 0.6) is 0 Å². The Morgan fingerprint density at radius 1 is 1.38 bits per heavy atom. The molecule has 1 atom stereocenters. The molecule has 2 aliphatic carbocycles. The minimum atomic E-state index is 0.889. The van der Waals surface area contributed by atoms with Crippen LogP contribution in [0.1, 0.15) is 39.5 Å². The fraction of sp³-hybridized carbons (Fsp3) is 0.538. The molecule has 0 nitrogen and oxygen atoms in total. The van der Waals surface area contributed by atoms with E-state index >= 15 is 0 Å². The second-order valence-electron chi connectivity index (χ2n) is 4.41. The molecule has 0 heterocycles. The van der Waals surface area contributed by atoms with Gasteiger partial charge < -0.3 is 0 Å². The Morgan fingerprint density at radius 3 is 3.08 bits per heavy atom. The minimum absolute atomic E-state index is 0.889. The van der Waals surface area contributed by atoms with Crippen LogP contribution in [0.2, 0.25) is 0 Å². The van der Waals surface area contributed by atoms with Gasteiger partial charge in [0.1, 0.15) is 0 Å². The monoisotopic (exact) mass is 174 g/mol. The van der Waals surface area contributed by atoms with E-state index in [1.807, 2.05) is 0 Å². The summed E-state index contributed by atoms with van der Waals surface area (Å²) in [5, 5.41) is 0. The molecular weight excluding hydrogens is 156 g/mol. The maximum Gasteiger partial charge on any atom is -0.0130 e. The first-order valence-corrected chi connectivity index (χ1v) is 5.32. The summed E-state index contributed by atoms with van der Waals surface area (Å²) in [6, 6.07) is 0. The summed E-state index contributed by atoms with van der Waals surface area (Å²) >= 11 is 0. The van der Waals surface area contributed by atoms with Crippen molar-refractivity contribution in [1.82, 2.24) is 0 Å². The summed E-state index contributed by atoms with van der Waals surface area (Å²) in [5.74, 6) is 0.889. The fourth-order valence-electron chi connectivity index (χ4n) is 2.35. The van der Waals surface area contributed by atoms with Gasteiger partial charge in [-0.25, -0.2) is 0 Å². The standard InChI is InChI=1S/C13H18/c1-10-7-8-12-6-4-3-5-11(2)13(12)9-10/h3-5,10H,6-9H2,1-2H3. The smallest absolute Gasteiger partial charge is 0.0130 e. The Balaban J connectivity index is 2.32. The van der Waals surface area contributed by atoms with Crippen molar-refractivity contribution in [2.24, 2.45) is 5.92 Å². The summed E-state index contributed by atoms with van der Waals surface area (Å²) in [6.07, 6.45) is 12.0.